The van der Waals surface area contributed by atoms with Crippen molar-refractivity contribution in [3.63, 3.8) is 0 Å². The van der Waals surface area contributed by atoms with Crippen LogP contribution in [0.5, 0.6) is 5.75 Å². The number of rotatable bonds is 4. The van der Waals surface area contributed by atoms with Crippen LogP contribution < -0.4 is 10.2 Å². The van der Waals surface area contributed by atoms with Gasteiger partial charge in [0.05, 0.1) is 17.5 Å². The predicted octanol–water partition coefficient (Wildman–Crippen LogP) is 2.71. The van der Waals surface area contributed by atoms with Crippen molar-refractivity contribution < 1.29 is 23.4 Å². The largest absolute Gasteiger partial charge is 0.488 e. The first-order valence-corrected chi connectivity index (χ1v) is 6.88. The van der Waals surface area contributed by atoms with E-state index in [9.17, 15) is 18.4 Å². The summed E-state index contributed by atoms with van der Waals surface area (Å²) in [5.74, 6) is -3.96. The number of fused-ring (bicyclic) bond motifs is 1. The van der Waals surface area contributed by atoms with Gasteiger partial charge in [0.15, 0.2) is 17.4 Å². The van der Waals surface area contributed by atoms with Gasteiger partial charge in [-0.15, -0.1) is 0 Å². The highest BCUT2D eigenvalue weighted by atomic mass is 19.1. The van der Waals surface area contributed by atoms with Gasteiger partial charge in [0.25, 0.3) is 0 Å². The normalized spacial score (nSPS) is 14.3. The molecule has 22 heavy (non-hydrogen) atoms. The van der Waals surface area contributed by atoms with Crippen LogP contribution in [0.3, 0.4) is 0 Å². The SMILES string of the molecule is CCOc1c(F)cc2c(=O)c(C(=O)O)cn(C3CC3)c2c1F. The lowest BCUT2D eigenvalue weighted by Crippen LogP contribution is -2.20. The molecule has 1 aliphatic carbocycles. The molecule has 1 fully saturated rings. The van der Waals surface area contributed by atoms with Crippen molar-refractivity contribution in [1.82, 2.24) is 4.57 Å². The van der Waals surface area contributed by atoms with E-state index in [0.717, 1.165) is 25.1 Å². The van der Waals surface area contributed by atoms with Crippen LogP contribution in [0.2, 0.25) is 0 Å². The molecule has 1 N–H and O–H groups in total. The Morgan fingerprint density at radius 3 is 2.68 bits per heavy atom. The van der Waals surface area contributed by atoms with Crippen LogP contribution in [0.4, 0.5) is 8.78 Å². The number of carboxylic acid groups (broad SMARTS) is 1. The van der Waals surface area contributed by atoms with E-state index in [0.29, 0.717) is 0 Å². The number of hydrogen-bond donors (Lipinski definition) is 1. The minimum atomic E-state index is -1.42. The smallest absolute Gasteiger partial charge is 0.341 e. The van der Waals surface area contributed by atoms with Crippen LogP contribution in [-0.4, -0.2) is 22.2 Å². The average Bonchev–Trinajstić information content (AvgIpc) is 3.28. The summed E-state index contributed by atoms with van der Waals surface area (Å²) in [6.45, 7) is 1.66. The van der Waals surface area contributed by atoms with Crippen LogP contribution in [0.25, 0.3) is 10.9 Å². The van der Waals surface area contributed by atoms with Gasteiger partial charge in [0, 0.05) is 12.2 Å². The van der Waals surface area contributed by atoms with Crippen LogP contribution in [-0.2, 0) is 0 Å². The zero-order chi connectivity index (χ0) is 16.0. The topological polar surface area (TPSA) is 68.5 Å². The van der Waals surface area contributed by atoms with Gasteiger partial charge in [-0.05, 0) is 25.8 Å². The zero-order valence-corrected chi connectivity index (χ0v) is 11.7. The molecule has 2 aromatic rings. The number of hydrogen-bond acceptors (Lipinski definition) is 3. The monoisotopic (exact) mass is 309 g/mol. The second-order valence-electron chi connectivity index (χ2n) is 5.15. The summed E-state index contributed by atoms with van der Waals surface area (Å²) in [7, 11) is 0. The lowest BCUT2D eigenvalue weighted by atomic mass is 10.1. The second kappa shape index (κ2) is 5.08. The molecule has 0 radical (unpaired) electrons. The number of pyridine rings is 1. The highest BCUT2D eigenvalue weighted by Gasteiger charge is 2.30. The van der Waals surface area contributed by atoms with Crippen molar-refractivity contribution in [3.05, 3.63) is 39.7 Å². The highest BCUT2D eigenvalue weighted by molar-refractivity contribution is 5.93. The van der Waals surface area contributed by atoms with Crippen LogP contribution in [0.15, 0.2) is 17.1 Å². The summed E-state index contributed by atoms with van der Waals surface area (Å²) >= 11 is 0. The molecule has 1 saturated carbocycles. The number of ether oxygens (including phenoxy) is 1. The zero-order valence-electron chi connectivity index (χ0n) is 11.7. The second-order valence-corrected chi connectivity index (χ2v) is 5.15. The van der Waals surface area contributed by atoms with E-state index in [4.69, 9.17) is 9.84 Å². The molecule has 0 bridgehead atoms. The molecular weight excluding hydrogens is 296 g/mol. The Morgan fingerprint density at radius 2 is 2.14 bits per heavy atom. The maximum atomic E-state index is 14.6. The number of aromatic nitrogens is 1. The molecule has 0 aliphatic heterocycles. The van der Waals surface area contributed by atoms with Crippen molar-refractivity contribution >= 4 is 16.9 Å². The number of carboxylic acids is 1. The van der Waals surface area contributed by atoms with E-state index in [2.05, 4.69) is 0 Å². The summed E-state index contributed by atoms with van der Waals surface area (Å²) in [5.41, 5.74) is -1.51. The Labute approximate surface area is 123 Å². The minimum absolute atomic E-state index is 0.0697. The average molecular weight is 309 g/mol. The minimum Gasteiger partial charge on any atom is -0.488 e. The maximum Gasteiger partial charge on any atom is 0.341 e. The third kappa shape index (κ3) is 2.13. The summed E-state index contributed by atoms with van der Waals surface area (Å²) in [6.07, 6.45) is 2.62. The predicted molar refractivity (Wildman–Crippen MR) is 74.5 cm³/mol. The van der Waals surface area contributed by atoms with E-state index < -0.39 is 34.3 Å². The van der Waals surface area contributed by atoms with Gasteiger partial charge >= 0.3 is 5.97 Å². The number of halogens is 2. The molecule has 7 heteroatoms. The van der Waals surface area contributed by atoms with E-state index in [1.54, 1.807) is 6.92 Å². The Morgan fingerprint density at radius 1 is 1.45 bits per heavy atom. The highest BCUT2D eigenvalue weighted by Crippen LogP contribution is 2.39. The van der Waals surface area contributed by atoms with Gasteiger partial charge in [-0.25, -0.2) is 13.6 Å². The quantitative estimate of drug-likeness (QED) is 0.943. The number of benzene rings is 1. The van der Waals surface area contributed by atoms with Crippen molar-refractivity contribution in [2.75, 3.05) is 6.61 Å². The van der Waals surface area contributed by atoms with Gasteiger partial charge in [0.2, 0.25) is 5.43 Å². The molecule has 1 aromatic heterocycles. The fourth-order valence-corrected chi connectivity index (χ4v) is 2.49. The summed E-state index contributed by atoms with van der Waals surface area (Å²) < 4.78 is 34.9. The summed E-state index contributed by atoms with van der Waals surface area (Å²) in [6, 6.07) is 0.757. The van der Waals surface area contributed by atoms with Gasteiger partial charge in [-0.3, -0.25) is 4.79 Å². The molecule has 0 saturated heterocycles. The standard InChI is InChI=1S/C15H13F2NO4/c1-2-22-14-10(16)5-8-12(11(14)17)18(7-3-4-7)6-9(13(8)19)15(20)21/h5-7H,2-4H2,1H3,(H,20,21). The van der Waals surface area contributed by atoms with Crippen molar-refractivity contribution in [2.24, 2.45) is 0 Å². The third-order valence-corrected chi connectivity index (χ3v) is 3.63. The van der Waals surface area contributed by atoms with Crippen LogP contribution in [0, 0.1) is 11.6 Å². The van der Waals surface area contributed by atoms with E-state index in [-0.39, 0.29) is 23.6 Å². The molecular formula is C15H13F2NO4. The molecule has 0 atom stereocenters. The van der Waals surface area contributed by atoms with Crippen LogP contribution in [0.1, 0.15) is 36.2 Å². The Kier molecular flexibility index (Phi) is 3.35. The first-order chi connectivity index (χ1) is 10.5. The van der Waals surface area contributed by atoms with Gasteiger partial charge < -0.3 is 14.4 Å². The summed E-state index contributed by atoms with van der Waals surface area (Å²) in [5, 5.41) is 8.82. The first-order valence-electron chi connectivity index (χ1n) is 6.88. The molecule has 1 heterocycles. The molecule has 0 unspecified atom stereocenters. The van der Waals surface area contributed by atoms with Gasteiger partial charge in [-0.2, -0.15) is 0 Å². The fraction of sp³-hybridized carbons (Fsp3) is 0.333. The Bertz CT molecular complexity index is 840. The van der Waals surface area contributed by atoms with Crippen molar-refractivity contribution in [2.45, 2.75) is 25.8 Å². The molecule has 5 nitrogen and oxygen atoms in total. The van der Waals surface area contributed by atoms with E-state index >= 15 is 0 Å². The number of carbonyl (C=O) groups is 1. The van der Waals surface area contributed by atoms with Gasteiger partial charge in [0.1, 0.15) is 5.56 Å². The van der Waals surface area contributed by atoms with Crippen molar-refractivity contribution in [1.29, 1.82) is 0 Å². The van der Waals surface area contributed by atoms with Crippen LogP contribution >= 0.6 is 0 Å². The lowest BCUT2D eigenvalue weighted by Gasteiger charge is -2.15. The van der Waals surface area contributed by atoms with Crippen molar-refractivity contribution in [3.8, 4) is 5.75 Å². The van der Waals surface area contributed by atoms with Gasteiger partial charge in [-0.1, -0.05) is 0 Å². The molecule has 116 valence electrons. The van der Waals surface area contributed by atoms with E-state index in [1.807, 2.05) is 0 Å². The fourth-order valence-electron chi connectivity index (χ4n) is 2.49. The summed E-state index contributed by atoms with van der Waals surface area (Å²) in [4.78, 5) is 23.3. The Balaban J connectivity index is 2.44. The molecule has 3 rings (SSSR count). The molecule has 1 aromatic carbocycles. The maximum absolute atomic E-state index is 14.6. The molecule has 0 spiro atoms. The lowest BCUT2D eigenvalue weighted by molar-refractivity contribution is 0.0695. The number of aromatic carboxylic acids is 1. The number of nitrogens with zero attached hydrogens (tertiary/aromatic N) is 1. The first kappa shape index (κ1) is 14.5. The van der Waals surface area contributed by atoms with E-state index in [1.165, 1.54) is 4.57 Å². The molecule has 1 aliphatic rings. The third-order valence-electron chi connectivity index (χ3n) is 3.63. The Hall–Kier alpha value is -2.44. The molecule has 0 amide bonds.